The Morgan fingerprint density at radius 2 is 1.95 bits per heavy atom. The summed E-state index contributed by atoms with van der Waals surface area (Å²) < 4.78 is 15.1. The zero-order valence-electron chi connectivity index (χ0n) is 10.7. The molecule has 1 aromatic heterocycles. The maximum absolute atomic E-state index is 10.3. The van der Waals surface area contributed by atoms with Gasteiger partial charge in [0.05, 0.1) is 32.1 Å². The Morgan fingerprint density at radius 3 is 2.58 bits per heavy atom. The van der Waals surface area contributed by atoms with Gasteiger partial charge in [-0.3, -0.25) is 4.98 Å². The lowest BCUT2D eigenvalue weighted by atomic mass is 10.2. The largest absolute Gasteiger partial charge is 0.447 e. The van der Waals surface area contributed by atoms with Crippen molar-refractivity contribution in [2.75, 3.05) is 26.4 Å². The lowest BCUT2D eigenvalue weighted by Gasteiger charge is -2.06. The van der Waals surface area contributed by atoms with Crippen molar-refractivity contribution < 1.29 is 19.0 Å². The van der Waals surface area contributed by atoms with Crippen molar-refractivity contribution in [1.29, 1.82) is 0 Å². The van der Waals surface area contributed by atoms with Crippen molar-refractivity contribution in [1.82, 2.24) is 4.98 Å². The minimum absolute atomic E-state index is 0.147. The van der Waals surface area contributed by atoms with Crippen LogP contribution in [0.1, 0.15) is 11.3 Å². The first-order valence-corrected chi connectivity index (χ1v) is 5.94. The Morgan fingerprint density at radius 1 is 1.16 bits per heavy atom. The Labute approximate surface area is 111 Å². The summed E-state index contributed by atoms with van der Waals surface area (Å²) in [5.74, 6) is 0. The topological polar surface area (TPSA) is 110 Å². The van der Waals surface area contributed by atoms with Gasteiger partial charge in [-0.15, -0.1) is 0 Å². The van der Waals surface area contributed by atoms with E-state index < -0.39 is 6.09 Å². The number of ether oxygens (including phenoxy) is 3. The third-order valence-electron chi connectivity index (χ3n) is 2.14. The summed E-state index contributed by atoms with van der Waals surface area (Å²) in [5, 5.41) is 0. The van der Waals surface area contributed by atoms with Crippen LogP contribution in [0.3, 0.4) is 0 Å². The lowest BCUT2D eigenvalue weighted by Crippen LogP contribution is -2.16. The van der Waals surface area contributed by atoms with Gasteiger partial charge in [0.25, 0.3) is 0 Å². The van der Waals surface area contributed by atoms with Crippen LogP contribution in [0.5, 0.6) is 0 Å². The molecule has 0 saturated carbocycles. The molecule has 7 heteroatoms. The normalized spacial score (nSPS) is 10.4. The Hall–Kier alpha value is -1.70. The fourth-order valence-corrected chi connectivity index (χ4v) is 1.28. The second kappa shape index (κ2) is 9.26. The molecular weight excluding hydrogens is 250 g/mol. The van der Waals surface area contributed by atoms with Crippen LogP contribution >= 0.6 is 0 Å². The third kappa shape index (κ3) is 7.35. The van der Waals surface area contributed by atoms with E-state index in [1.807, 2.05) is 12.1 Å². The third-order valence-corrected chi connectivity index (χ3v) is 2.14. The number of carbonyl (C=O) groups excluding carboxylic acids is 1. The maximum Gasteiger partial charge on any atom is 0.404 e. The second-order valence-electron chi connectivity index (χ2n) is 3.72. The van der Waals surface area contributed by atoms with E-state index in [1.165, 1.54) is 0 Å². The predicted octanol–water partition coefficient (Wildman–Crippen LogP) is 0.169. The molecule has 0 unspecified atom stereocenters. The van der Waals surface area contributed by atoms with E-state index in [-0.39, 0.29) is 6.61 Å². The van der Waals surface area contributed by atoms with Crippen LogP contribution in [-0.2, 0) is 27.4 Å². The molecule has 0 saturated heterocycles. The van der Waals surface area contributed by atoms with Gasteiger partial charge in [-0.05, 0) is 11.6 Å². The molecule has 1 amide bonds. The highest BCUT2D eigenvalue weighted by Gasteiger charge is 1.98. The zero-order valence-corrected chi connectivity index (χ0v) is 10.7. The molecule has 1 aromatic rings. The molecule has 1 heterocycles. The van der Waals surface area contributed by atoms with Gasteiger partial charge in [0.1, 0.15) is 6.61 Å². The number of primary amides is 1. The number of hydrogen-bond donors (Lipinski definition) is 2. The highest BCUT2D eigenvalue weighted by molar-refractivity contribution is 5.64. The number of amides is 1. The molecule has 0 spiro atoms. The number of rotatable bonds is 9. The number of pyridine rings is 1. The smallest absolute Gasteiger partial charge is 0.404 e. The van der Waals surface area contributed by atoms with E-state index in [4.69, 9.17) is 20.9 Å². The molecule has 7 nitrogen and oxygen atoms in total. The van der Waals surface area contributed by atoms with Crippen molar-refractivity contribution in [3.05, 3.63) is 29.6 Å². The Kier molecular flexibility index (Phi) is 7.48. The Balaban J connectivity index is 2.18. The zero-order chi connectivity index (χ0) is 13.9. The van der Waals surface area contributed by atoms with Gasteiger partial charge in [0.15, 0.2) is 0 Å². The van der Waals surface area contributed by atoms with Crippen LogP contribution in [0.4, 0.5) is 4.79 Å². The molecule has 0 aromatic carbocycles. The summed E-state index contributed by atoms with van der Waals surface area (Å²) >= 11 is 0. The first kappa shape index (κ1) is 15.4. The van der Waals surface area contributed by atoms with Gasteiger partial charge >= 0.3 is 6.09 Å². The summed E-state index contributed by atoms with van der Waals surface area (Å²) in [6.07, 6.45) is 0.919. The summed E-state index contributed by atoms with van der Waals surface area (Å²) in [5.41, 5.74) is 11.9. The molecule has 0 aliphatic heterocycles. The van der Waals surface area contributed by atoms with Gasteiger partial charge in [0.2, 0.25) is 0 Å². The fourth-order valence-electron chi connectivity index (χ4n) is 1.28. The number of hydrogen-bond acceptors (Lipinski definition) is 6. The van der Waals surface area contributed by atoms with E-state index in [2.05, 4.69) is 9.72 Å². The molecule has 4 N–H and O–H groups in total. The number of carbonyl (C=O) groups is 1. The van der Waals surface area contributed by atoms with E-state index in [9.17, 15) is 4.79 Å². The van der Waals surface area contributed by atoms with Gasteiger partial charge in [-0.25, -0.2) is 4.79 Å². The highest BCUT2D eigenvalue weighted by Crippen LogP contribution is 2.03. The average Bonchev–Trinajstić information content (AvgIpc) is 2.40. The van der Waals surface area contributed by atoms with Crippen molar-refractivity contribution in [2.24, 2.45) is 11.5 Å². The van der Waals surface area contributed by atoms with Crippen LogP contribution in [0.25, 0.3) is 0 Å². The standard InChI is InChI=1S/C12H19N3O4/c13-3-4-17-9-11-2-1-10(7-15-11)8-18-5-6-19-12(14)16/h1-2,7H,3-6,8-9,13H2,(H2,14,16). The van der Waals surface area contributed by atoms with Crippen molar-refractivity contribution in [2.45, 2.75) is 13.2 Å². The maximum atomic E-state index is 10.3. The van der Waals surface area contributed by atoms with E-state index in [0.717, 1.165) is 11.3 Å². The van der Waals surface area contributed by atoms with Gasteiger partial charge in [-0.2, -0.15) is 0 Å². The van der Waals surface area contributed by atoms with Crippen molar-refractivity contribution in [3.63, 3.8) is 0 Å². The van der Waals surface area contributed by atoms with Crippen LogP contribution in [0.15, 0.2) is 18.3 Å². The van der Waals surface area contributed by atoms with Crippen LogP contribution in [0.2, 0.25) is 0 Å². The van der Waals surface area contributed by atoms with E-state index in [0.29, 0.717) is 33.0 Å². The molecular formula is C12H19N3O4. The lowest BCUT2D eigenvalue weighted by molar-refractivity contribution is 0.0679. The molecule has 1 rings (SSSR count). The van der Waals surface area contributed by atoms with Crippen LogP contribution < -0.4 is 11.5 Å². The van der Waals surface area contributed by atoms with Gasteiger partial charge < -0.3 is 25.7 Å². The SMILES string of the molecule is NCCOCc1ccc(COCCOC(N)=O)cn1. The first-order valence-electron chi connectivity index (χ1n) is 5.94. The highest BCUT2D eigenvalue weighted by atomic mass is 16.6. The number of nitrogens with two attached hydrogens (primary N) is 2. The van der Waals surface area contributed by atoms with Gasteiger partial charge in [0, 0.05) is 12.7 Å². The first-order chi connectivity index (χ1) is 9.22. The van der Waals surface area contributed by atoms with Crippen LogP contribution in [0, 0.1) is 0 Å². The predicted molar refractivity (Wildman–Crippen MR) is 68.1 cm³/mol. The summed E-state index contributed by atoms with van der Waals surface area (Å²) in [6, 6.07) is 3.78. The molecule has 19 heavy (non-hydrogen) atoms. The Bertz CT molecular complexity index is 370. The van der Waals surface area contributed by atoms with Gasteiger partial charge in [-0.1, -0.05) is 6.07 Å². The fraction of sp³-hybridized carbons (Fsp3) is 0.500. The molecule has 0 aliphatic carbocycles. The monoisotopic (exact) mass is 269 g/mol. The summed E-state index contributed by atoms with van der Waals surface area (Å²) in [7, 11) is 0. The number of nitrogens with zero attached hydrogens (tertiary/aromatic N) is 1. The van der Waals surface area contributed by atoms with Crippen molar-refractivity contribution in [3.8, 4) is 0 Å². The molecule has 0 aliphatic rings. The molecule has 106 valence electrons. The number of aromatic nitrogens is 1. The average molecular weight is 269 g/mol. The summed E-state index contributed by atoms with van der Waals surface area (Å²) in [4.78, 5) is 14.5. The molecule has 0 radical (unpaired) electrons. The van der Waals surface area contributed by atoms with Crippen LogP contribution in [-0.4, -0.2) is 37.4 Å². The van der Waals surface area contributed by atoms with E-state index >= 15 is 0 Å². The minimum atomic E-state index is -0.799. The molecule has 0 bridgehead atoms. The van der Waals surface area contributed by atoms with E-state index in [1.54, 1.807) is 6.20 Å². The summed E-state index contributed by atoms with van der Waals surface area (Å²) in [6.45, 7) is 2.31. The van der Waals surface area contributed by atoms with Crippen molar-refractivity contribution >= 4 is 6.09 Å². The molecule has 0 atom stereocenters. The molecule has 0 fully saturated rings. The second-order valence-corrected chi connectivity index (χ2v) is 3.72. The quantitative estimate of drug-likeness (QED) is 0.618. The minimum Gasteiger partial charge on any atom is -0.447 e.